The fraction of sp³-hybridized carbons (Fsp3) is 0.571. The quantitative estimate of drug-likeness (QED) is 0.811. The van der Waals surface area contributed by atoms with Crippen LogP contribution in [0.25, 0.3) is 0 Å². The van der Waals surface area contributed by atoms with Gasteiger partial charge >= 0.3 is 0 Å². The summed E-state index contributed by atoms with van der Waals surface area (Å²) < 4.78 is 31.8. The largest absolute Gasteiger partial charge is 0.380 e. The Balaban J connectivity index is 2.78. The summed E-state index contributed by atoms with van der Waals surface area (Å²) in [6, 6.07) is 3.72. The lowest BCUT2D eigenvalue weighted by Gasteiger charge is -2.25. The highest BCUT2D eigenvalue weighted by Gasteiger charge is 2.20. The van der Waals surface area contributed by atoms with E-state index in [9.17, 15) is 8.78 Å². The standard InChI is InChI=1S/C14H21F2NO/c1-4-5-14(18-3)13(17-2)8-10-6-7-11(15)9-12(10)16/h6-7,9,13-14,17H,4-5,8H2,1-3H3. The normalized spacial score (nSPS) is 14.5. The third-order valence-corrected chi connectivity index (χ3v) is 3.15. The van der Waals surface area contributed by atoms with Gasteiger partial charge in [0.2, 0.25) is 0 Å². The predicted molar refractivity (Wildman–Crippen MR) is 68.6 cm³/mol. The van der Waals surface area contributed by atoms with Crippen LogP contribution >= 0.6 is 0 Å². The minimum absolute atomic E-state index is 0.0231. The number of likely N-dealkylation sites (N-methyl/N-ethyl adjacent to an activating group) is 1. The van der Waals surface area contributed by atoms with Crippen molar-refractivity contribution in [3.8, 4) is 0 Å². The third-order valence-electron chi connectivity index (χ3n) is 3.15. The summed E-state index contributed by atoms with van der Waals surface area (Å²) in [5.74, 6) is -1.05. The molecule has 0 bridgehead atoms. The lowest BCUT2D eigenvalue weighted by atomic mass is 9.98. The van der Waals surface area contributed by atoms with Crippen LogP contribution in [0.2, 0.25) is 0 Å². The van der Waals surface area contributed by atoms with E-state index in [0.29, 0.717) is 12.0 Å². The summed E-state index contributed by atoms with van der Waals surface area (Å²) in [7, 11) is 3.49. The molecule has 0 aliphatic heterocycles. The Morgan fingerprint density at radius 1 is 1.33 bits per heavy atom. The van der Waals surface area contributed by atoms with Crippen LogP contribution in [0.3, 0.4) is 0 Å². The minimum atomic E-state index is -0.547. The number of rotatable bonds is 7. The molecule has 0 amide bonds. The zero-order chi connectivity index (χ0) is 13.5. The van der Waals surface area contributed by atoms with Crippen molar-refractivity contribution in [3.05, 3.63) is 35.4 Å². The Morgan fingerprint density at radius 3 is 2.56 bits per heavy atom. The molecule has 18 heavy (non-hydrogen) atoms. The van der Waals surface area contributed by atoms with Gasteiger partial charge in [-0.3, -0.25) is 0 Å². The molecule has 1 N–H and O–H groups in total. The van der Waals surface area contributed by atoms with Crippen LogP contribution in [0, 0.1) is 11.6 Å². The topological polar surface area (TPSA) is 21.3 Å². The zero-order valence-electron chi connectivity index (χ0n) is 11.2. The summed E-state index contributed by atoms with van der Waals surface area (Å²) >= 11 is 0. The number of halogens is 2. The molecule has 0 heterocycles. The summed E-state index contributed by atoms with van der Waals surface area (Å²) in [6.07, 6.45) is 2.43. The smallest absolute Gasteiger partial charge is 0.129 e. The van der Waals surface area contributed by atoms with Crippen molar-refractivity contribution in [3.63, 3.8) is 0 Å². The van der Waals surface area contributed by atoms with E-state index in [0.717, 1.165) is 18.9 Å². The number of nitrogens with one attached hydrogen (secondary N) is 1. The predicted octanol–water partition coefficient (Wildman–Crippen LogP) is 2.91. The van der Waals surface area contributed by atoms with Gasteiger partial charge in [-0.15, -0.1) is 0 Å². The molecule has 2 atom stereocenters. The molecule has 0 saturated heterocycles. The molecule has 0 saturated carbocycles. The molecule has 0 aliphatic carbocycles. The maximum absolute atomic E-state index is 13.6. The van der Waals surface area contributed by atoms with Gasteiger partial charge < -0.3 is 10.1 Å². The molecule has 2 nitrogen and oxygen atoms in total. The van der Waals surface area contributed by atoms with E-state index in [2.05, 4.69) is 12.2 Å². The van der Waals surface area contributed by atoms with Gasteiger partial charge in [0.1, 0.15) is 11.6 Å². The SMILES string of the molecule is CCCC(OC)C(Cc1ccc(F)cc1F)NC. The number of methoxy groups -OCH3 is 1. The fourth-order valence-corrected chi connectivity index (χ4v) is 2.11. The second-order valence-corrected chi connectivity index (χ2v) is 4.40. The number of hydrogen-bond donors (Lipinski definition) is 1. The molecule has 1 rings (SSSR count). The highest BCUT2D eigenvalue weighted by molar-refractivity contribution is 5.20. The van der Waals surface area contributed by atoms with Gasteiger partial charge in [-0.1, -0.05) is 19.4 Å². The van der Waals surface area contributed by atoms with Crippen molar-refractivity contribution >= 4 is 0 Å². The first-order valence-corrected chi connectivity index (χ1v) is 6.26. The van der Waals surface area contributed by atoms with Gasteiger partial charge in [-0.05, 0) is 31.5 Å². The third kappa shape index (κ3) is 4.03. The first-order valence-electron chi connectivity index (χ1n) is 6.26. The molecule has 2 unspecified atom stereocenters. The Kier molecular flexibility index (Phi) is 6.22. The fourth-order valence-electron chi connectivity index (χ4n) is 2.11. The summed E-state index contributed by atoms with van der Waals surface area (Å²) in [6.45, 7) is 2.08. The Hall–Kier alpha value is -1.00. The second kappa shape index (κ2) is 7.44. The number of ether oxygens (including phenoxy) is 1. The summed E-state index contributed by atoms with van der Waals surface area (Å²) in [5.41, 5.74) is 0.508. The maximum atomic E-state index is 13.6. The molecule has 4 heteroatoms. The Labute approximate surface area is 107 Å². The van der Waals surface area contributed by atoms with Crippen LogP contribution in [0.5, 0.6) is 0 Å². The van der Waals surface area contributed by atoms with Crippen LogP contribution in [0.1, 0.15) is 25.3 Å². The highest BCUT2D eigenvalue weighted by atomic mass is 19.1. The van der Waals surface area contributed by atoms with Crippen molar-refractivity contribution in [1.82, 2.24) is 5.32 Å². The van der Waals surface area contributed by atoms with Gasteiger partial charge in [0.25, 0.3) is 0 Å². The molecule has 1 aromatic carbocycles. The lowest BCUT2D eigenvalue weighted by Crippen LogP contribution is -2.40. The Bertz CT molecular complexity index is 371. The summed E-state index contributed by atoms with van der Waals surface area (Å²) in [4.78, 5) is 0. The van der Waals surface area contributed by atoms with Crippen molar-refractivity contribution in [2.75, 3.05) is 14.2 Å². The van der Waals surface area contributed by atoms with E-state index in [1.807, 2.05) is 7.05 Å². The molecule has 1 aromatic rings. The average Bonchev–Trinajstić information content (AvgIpc) is 2.36. The van der Waals surface area contributed by atoms with Gasteiger partial charge in [0.15, 0.2) is 0 Å². The van der Waals surface area contributed by atoms with Crippen LogP contribution < -0.4 is 5.32 Å². The average molecular weight is 257 g/mol. The molecule has 0 spiro atoms. The van der Waals surface area contributed by atoms with Gasteiger partial charge in [-0.25, -0.2) is 8.78 Å². The number of hydrogen-bond acceptors (Lipinski definition) is 2. The van der Waals surface area contributed by atoms with Crippen LogP contribution in [-0.4, -0.2) is 26.3 Å². The lowest BCUT2D eigenvalue weighted by molar-refractivity contribution is 0.0630. The van der Waals surface area contributed by atoms with Crippen molar-refractivity contribution in [2.24, 2.45) is 0 Å². The van der Waals surface area contributed by atoms with Gasteiger partial charge in [0, 0.05) is 19.2 Å². The monoisotopic (exact) mass is 257 g/mol. The molecule has 102 valence electrons. The zero-order valence-corrected chi connectivity index (χ0v) is 11.2. The van der Waals surface area contributed by atoms with Gasteiger partial charge in [0.05, 0.1) is 6.10 Å². The van der Waals surface area contributed by atoms with Crippen molar-refractivity contribution in [2.45, 2.75) is 38.3 Å². The molecule has 0 fully saturated rings. The minimum Gasteiger partial charge on any atom is -0.380 e. The van der Waals surface area contributed by atoms with Crippen LogP contribution in [-0.2, 0) is 11.2 Å². The van der Waals surface area contributed by atoms with Crippen LogP contribution in [0.4, 0.5) is 8.78 Å². The van der Waals surface area contributed by atoms with Crippen molar-refractivity contribution < 1.29 is 13.5 Å². The van der Waals surface area contributed by atoms with Crippen molar-refractivity contribution in [1.29, 1.82) is 0 Å². The second-order valence-electron chi connectivity index (χ2n) is 4.40. The van der Waals surface area contributed by atoms with E-state index in [1.54, 1.807) is 7.11 Å². The molecular weight excluding hydrogens is 236 g/mol. The molecular formula is C14H21F2NO. The summed E-state index contributed by atoms with van der Waals surface area (Å²) in [5, 5.41) is 3.14. The van der Waals surface area contributed by atoms with Crippen LogP contribution in [0.15, 0.2) is 18.2 Å². The first-order chi connectivity index (χ1) is 8.62. The van der Waals surface area contributed by atoms with E-state index in [4.69, 9.17) is 4.74 Å². The molecule has 0 aromatic heterocycles. The maximum Gasteiger partial charge on any atom is 0.129 e. The molecule has 0 radical (unpaired) electrons. The van der Waals surface area contributed by atoms with Gasteiger partial charge in [-0.2, -0.15) is 0 Å². The Morgan fingerprint density at radius 2 is 2.06 bits per heavy atom. The van der Waals surface area contributed by atoms with E-state index in [-0.39, 0.29) is 12.1 Å². The number of benzene rings is 1. The van der Waals surface area contributed by atoms with E-state index < -0.39 is 11.6 Å². The molecule has 0 aliphatic rings. The highest BCUT2D eigenvalue weighted by Crippen LogP contribution is 2.16. The van der Waals surface area contributed by atoms with E-state index in [1.165, 1.54) is 12.1 Å². The first kappa shape index (κ1) is 15.1. The van der Waals surface area contributed by atoms with E-state index >= 15 is 0 Å².